The monoisotopic (exact) mass is 331 g/mol. The van der Waals surface area contributed by atoms with Crippen molar-refractivity contribution >= 4 is 40.5 Å². The van der Waals surface area contributed by atoms with Crippen LogP contribution in [-0.4, -0.2) is 18.4 Å². The van der Waals surface area contributed by atoms with Gasteiger partial charge in [-0.25, -0.2) is 0 Å². The van der Waals surface area contributed by atoms with Crippen LogP contribution in [0.5, 0.6) is 0 Å². The van der Waals surface area contributed by atoms with Gasteiger partial charge < -0.3 is 16.0 Å². The molecule has 2 rings (SSSR count). The van der Waals surface area contributed by atoms with Crippen LogP contribution in [-0.2, 0) is 9.59 Å². The van der Waals surface area contributed by atoms with Gasteiger partial charge in [-0.05, 0) is 36.4 Å². The van der Waals surface area contributed by atoms with Crippen molar-refractivity contribution < 1.29 is 9.59 Å². The van der Waals surface area contributed by atoms with Crippen LogP contribution in [0.1, 0.15) is 13.3 Å². The van der Waals surface area contributed by atoms with E-state index in [-0.39, 0.29) is 18.4 Å². The molecule has 0 unspecified atom stereocenters. The molecule has 3 N–H and O–H groups in total. The van der Waals surface area contributed by atoms with E-state index >= 15 is 0 Å². The lowest BCUT2D eigenvalue weighted by molar-refractivity contribution is -0.116. The maximum atomic E-state index is 11.9. The van der Waals surface area contributed by atoms with Crippen molar-refractivity contribution in [2.75, 3.05) is 22.5 Å². The van der Waals surface area contributed by atoms with Crippen molar-refractivity contribution in [1.82, 2.24) is 0 Å². The van der Waals surface area contributed by atoms with Crippen molar-refractivity contribution in [2.24, 2.45) is 0 Å². The maximum Gasteiger partial charge on any atom is 0.243 e. The van der Waals surface area contributed by atoms with E-state index in [1.54, 1.807) is 43.3 Å². The molecule has 0 atom stereocenters. The zero-order valence-corrected chi connectivity index (χ0v) is 13.5. The Morgan fingerprint density at radius 3 is 2.04 bits per heavy atom. The molecule has 0 aliphatic rings. The lowest BCUT2D eigenvalue weighted by atomic mass is 10.2. The molecule has 0 aromatic heterocycles. The normalized spacial score (nSPS) is 10.0. The summed E-state index contributed by atoms with van der Waals surface area (Å²) in [4.78, 5) is 23.2. The Kier molecular flexibility index (Phi) is 6.00. The molecule has 23 heavy (non-hydrogen) atoms. The molecule has 6 heteroatoms. The molecule has 0 heterocycles. The highest BCUT2D eigenvalue weighted by Crippen LogP contribution is 2.20. The minimum absolute atomic E-state index is 0.0503. The van der Waals surface area contributed by atoms with E-state index in [2.05, 4.69) is 16.0 Å². The Morgan fingerprint density at radius 1 is 0.913 bits per heavy atom. The summed E-state index contributed by atoms with van der Waals surface area (Å²) in [6, 6.07) is 14.2. The molecule has 0 bridgehead atoms. The number of anilines is 3. The summed E-state index contributed by atoms with van der Waals surface area (Å²) in [5, 5.41) is 9.06. The Labute approximate surface area is 140 Å². The highest BCUT2D eigenvalue weighted by atomic mass is 35.5. The number of hydrogen-bond donors (Lipinski definition) is 3. The minimum atomic E-state index is -0.185. The second kappa shape index (κ2) is 8.19. The van der Waals surface area contributed by atoms with E-state index < -0.39 is 0 Å². The fourth-order valence-electron chi connectivity index (χ4n) is 1.87. The van der Waals surface area contributed by atoms with Crippen molar-refractivity contribution in [1.29, 1.82) is 0 Å². The summed E-state index contributed by atoms with van der Waals surface area (Å²) in [6.07, 6.45) is 0.423. The van der Waals surface area contributed by atoms with Crippen LogP contribution >= 0.6 is 11.6 Å². The summed E-state index contributed by atoms with van der Waals surface area (Å²) >= 11 is 6.01. The third-order valence-corrected chi connectivity index (χ3v) is 3.42. The van der Waals surface area contributed by atoms with Gasteiger partial charge in [0.15, 0.2) is 0 Å². The summed E-state index contributed by atoms with van der Waals surface area (Å²) in [6.45, 7) is 1.90. The molecule has 0 aliphatic carbocycles. The Morgan fingerprint density at radius 2 is 1.48 bits per heavy atom. The molecule has 0 fully saturated rings. The van der Waals surface area contributed by atoms with Crippen molar-refractivity contribution in [2.45, 2.75) is 13.3 Å². The van der Waals surface area contributed by atoms with Gasteiger partial charge in [-0.2, -0.15) is 0 Å². The molecule has 0 spiro atoms. The summed E-state index contributed by atoms with van der Waals surface area (Å²) in [7, 11) is 0. The average Bonchev–Trinajstić information content (AvgIpc) is 2.56. The Hall–Kier alpha value is -2.53. The number of benzene rings is 2. The van der Waals surface area contributed by atoms with Gasteiger partial charge in [0.1, 0.15) is 0 Å². The van der Waals surface area contributed by atoms with E-state index in [0.29, 0.717) is 28.5 Å². The second-order valence-corrected chi connectivity index (χ2v) is 5.27. The number of hydrogen-bond acceptors (Lipinski definition) is 3. The number of carbonyl (C=O) groups is 2. The first-order valence-corrected chi connectivity index (χ1v) is 7.64. The molecule has 0 radical (unpaired) electrons. The number of para-hydroxylation sites is 1. The van der Waals surface area contributed by atoms with Gasteiger partial charge in [0.05, 0.1) is 17.3 Å². The van der Waals surface area contributed by atoms with Crippen LogP contribution in [0.2, 0.25) is 5.02 Å². The fourth-order valence-corrected chi connectivity index (χ4v) is 2.07. The second-order valence-electron chi connectivity index (χ2n) is 4.86. The van der Waals surface area contributed by atoms with Gasteiger partial charge in [0.25, 0.3) is 0 Å². The summed E-state index contributed by atoms with van der Waals surface area (Å²) < 4.78 is 0. The highest BCUT2D eigenvalue weighted by molar-refractivity contribution is 6.33. The zero-order valence-electron chi connectivity index (χ0n) is 12.7. The fraction of sp³-hybridized carbons (Fsp3) is 0.176. The van der Waals surface area contributed by atoms with E-state index in [9.17, 15) is 9.59 Å². The average molecular weight is 332 g/mol. The van der Waals surface area contributed by atoms with E-state index in [1.165, 1.54) is 0 Å². The van der Waals surface area contributed by atoms with Gasteiger partial charge in [-0.3, -0.25) is 9.59 Å². The first-order valence-electron chi connectivity index (χ1n) is 7.26. The number of halogens is 1. The smallest absolute Gasteiger partial charge is 0.243 e. The standard InChI is InChI=1S/C17H18ClN3O2/c1-2-16(22)20-12-7-9-13(10-8-12)21-17(23)11-19-15-6-4-3-5-14(15)18/h3-10,19H,2,11H2,1H3,(H,20,22)(H,21,23). The van der Waals surface area contributed by atoms with Gasteiger partial charge in [-0.1, -0.05) is 30.7 Å². The first kappa shape index (κ1) is 16.8. The largest absolute Gasteiger partial charge is 0.375 e. The zero-order chi connectivity index (χ0) is 16.7. The van der Waals surface area contributed by atoms with Crippen LogP contribution in [0.15, 0.2) is 48.5 Å². The first-order chi connectivity index (χ1) is 11.1. The molecular weight excluding hydrogens is 314 g/mol. The van der Waals surface area contributed by atoms with Crippen LogP contribution in [0.4, 0.5) is 17.1 Å². The third kappa shape index (κ3) is 5.30. The lowest BCUT2D eigenvalue weighted by Crippen LogP contribution is -2.21. The Balaban J connectivity index is 1.85. The van der Waals surface area contributed by atoms with Gasteiger partial charge in [0.2, 0.25) is 11.8 Å². The lowest BCUT2D eigenvalue weighted by Gasteiger charge is -2.10. The predicted molar refractivity (Wildman–Crippen MR) is 93.9 cm³/mol. The minimum Gasteiger partial charge on any atom is -0.375 e. The molecule has 2 aromatic rings. The highest BCUT2D eigenvalue weighted by Gasteiger charge is 2.05. The molecule has 120 valence electrons. The summed E-state index contributed by atoms with van der Waals surface area (Å²) in [5.41, 5.74) is 2.07. The van der Waals surface area contributed by atoms with Crippen molar-refractivity contribution in [3.8, 4) is 0 Å². The molecule has 2 amide bonds. The molecule has 2 aromatic carbocycles. The maximum absolute atomic E-state index is 11.9. The number of nitrogens with one attached hydrogen (secondary N) is 3. The predicted octanol–water partition coefficient (Wildman–Crippen LogP) is 3.74. The molecule has 5 nitrogen and oxygen atoms in total. The Bertz CT molecular complexity index is 686. The van der Waals surface area contributed by atoms with Gasteiger partial charge in [0, 0.05) is 17.8 Å². The number of amides is 2. The number of carbonyl (C=O) groups excluding carboxylic acids is 2. The van der Waals surface area contributed by atoms with Crippen molar-refractivity contribution in [3.63, 3.8) is 0 Å². The van der Waals surface area contributed by atoms with Crippen molar-refractivity contribution in [3.05, 3.63) is 53.6 Å². The molecule has 0 saturated heterocycles. The quantitative estimate of drug-likeness (QED) is 0.755. The van der Waals surface area contributed by atoms with Gasteiger partial charge in [-0.15, -0.1) is 0 Å². The summed E-state index contributed by atoms with van der Waals surface area (Å²) in [5.74, 6) is -0.235. The van der Waals surface area contributed by atoms with Crippen LogP contribution < -0.4 is 16.0 Å². The topological polar surface area (TPSA) is 70.2 Å². The molecule has 0 saturated carbocycles. The SMILES string of the molecule is CCC(=O)Nc1ccc(NC(=O)CNc2ccccc2Cl)cc1. The molecule has 0 aliphatic heterocycles. The van der Waals surface area contributed by atoms with Gasteiger partial charge >= 0.3 is 0 Å². The van der Waals surface area contributed by atoms with Crippen LogP contribution in [0.3, 0.4) is 0 Å². The van der Waals surface area contributed by atoms with E-state index in [1.807, 2.05) is 12.1 Å². The third-order valence-electron chi connectivity index (χ3n) is 3.09. The van der Waals surface area contributed by atoms with E-state index in [0.717, 1.165) is 0 Å². The molecular formula is C17H18ClN3O2. The van der Waals surface area contributed by atoms with Crippen LogP contribution in [0.25, 0.3) is 0 Å². The number of rotatable bonds is 6. The van der Waals surface area contributed by atoms with Crippen LogP contribution in [0, 0.1) is 0 Å². The van der Waals surface area contributed by atoms with E-state index in [4.69, 9.17) is 11.6 Å².